The summed E-state index contributed by atoms with van der Waals surface area (Å²) >= 11 is 0. The molecule has 1 aliphatic heterocycles. The summed E-state index contributed by atoms with van der Waals surface area (Å²) in [6.45, 7) is 3.23. The van der Waals surface area contributed by atoms with Gasteiger partial charge in [-0.1, -0.05) is 12.1 Å². The maximum Gasteiger partial charge on any atom is 0.280 e. The molecule has 0 atom stereocenters. The zero-order chi connectivity index (χ0) is 13.1. The molecule has 1 N–H and O–H groups in total. The minimum absolute atomic E-state index is 0.00132. The highest BCUT2D eigenvalue weighted by molar-refractivity contribution is 6.00. The van der Waals surface area contributed by atoms with Crippen molar-refractivity contribution in [3.05, 3.63) is 39.9 Å². The van der Waals surface area contributed by atoms with Crippen molar-refractivity contribution in [1.82, 2.24) is 9.80 Å². The van der Waals surface area contributed by atoms with Crippen LogP contribution < -0.4 is 0 Å². The molecule has 0 spiro atoms. The van der Waals surface area contributed by atoms with Crippen LogP contribution in [0.5, 0.6) is 0 Å². The first-order chi connectivity index (χ1) is 8.59. The van der Waals surface area contributed by atoms with Gasteiger partial charge in [-0.15, -0.1) is 0 Å². The van der Waals surface area contributed by atoms with Crippen molar-refractivity contribution < 1.29 is 4.92 Å². The van der Waals surface area contributed by atoms with Crippen molar-refractivity contribution in [3.63, 3.8) is 0 Å². The van der Waals surface area contributed by atoms with Crippen molar-refractivity contribution in [1.29, 1.82) is 5.41 Å². The Morgan fingerprint density at radius 2 is 1.89 bits per heavy atom. The number of hydrogen-bond donors (Lipinski definition) is 1. The summed E-state index contributed by atoms with van der Waals surface area (Å²) in [6.07, 6.45) is 0. The average Bonchev–Trinajstić information content (AvgIpc) is 2.39. The predicted molar refractivity (Wildman–Crippen MR) is 69.0 cm³/mol. The van der Waals surface area contributed by atoms with Gasteiger partial charge < -0.3 is 9.80 Å². The molecule has 0 aliphatic carbocycles. The second-order valence-electron chi connectivity index (χ2n) is 4.41. The van der Waals surface area contributed by atoms with Gasteiger partial charge in [0.25, 0.3) is 5.69 Å². The maximum absolute atomic E-state index is 10.9. The standard InChI is InChI=1S/C12H16N4O2/c1-14-6-8-15(9-7-14)12(13)10-4-2-3-5-11(10)16(17)18/h2-5,13H,6-9H2,1H3. The van der Waals surface area contributed by atoms with E-state index in [1.807, 2.05) is 11.9 Å². The van der Waals surface area contributed by atoms with E-state index < -0.39 is 4.92 Å². The van der Waals surface area contributed by atoms with Gasteiger partial charge in [-0.3, -0.25) is 15.5 Å². The molecule has 0 aromatic heterocycles. The summed E-state index contributed by atoms with van der Waals surface area (Å²) in [4.78, 5) is 14.6. The molecule has 96 valence electrons. The first-order valence-corrected chi connectivity index (χ1v) is 5.85. The number of nitrogens with one attached hydrogen (secondary N) is 1. The van der Waals surface area contributed by atoms with Crippen molar-refractivity contribution in [3.8, 4) is 0 Å². The summed E-state index contributed by atoms with van der Waals surface area (Å²) in [6, 6.07) is 6.44. The van der Waals surface area contributed by atoms with Crippen LogP contribution in [0.4, 0.5) is 5.69 Å². The quantitative estimate of drug-likeness (QED) is 0.369. The van der Waals surface area contributed by atoms with Crippen LogP contribution in [0, 0.1) is 15.5 Å². The maximum atomic E-state index is 10.9. The summed E-state index contributed by atoms with van der Waals surface area (Å²) in [5, 5.41) is 19.1. The van der Waals surface area contributed by atoms with Crippen LogP contribution in [0.3, 0.4) is 0 Å². The lowest BCUT2D eigenvalue weighted by Gasteiger charge is -2.33. The monoisotopic (exact) mass is 248 g/mol. The molecular formula is C12H16N4O2. The van der Waals surface area contributed by atoms with Crippen molar-refractivity contribution in [2.45, 2.75) is 0 Å². The Labute approximate surface area is 105 Å². The molecule has 1 fully saturated rings. The summed E-state index contributed by atoms with van der Waals surface area (Å²) in [5.41, 5.74) is 0.397. The number of nitrogens with zero attached hydrogens (tertiary/aromatic N) is 3. The molecule has 6 nitrogen and oxygen atoms in total. The van der Waals surface area contributed by atoms with E-state index in [2.05, 4.69) is 4.90 Å². The van der Waals surface area contributed by atoms with Crippen molar-refractivity contribution in [2.75, 3.05) is 33.2 Å². The number of para-hydroxylation sites is 1. The average molecular weight is 248 g/mol. The fraction of sp³-hybridized carbons (Fsp3) is 0.417. The second-order valence-corrected chi connectivity index (χ2v) is 4.41. The van der Waals surface area contributed by atoms with E-state index in [0.717, 1.165) is 26.2 Å². The molecule has 1 saturated heterocycles. The highest BCUT2D eigenvalue weighted by atomic mass is 16.6. The highest BCUT2D eigenvalue weighted by Gasteiger charge is 2.23. The van der Waals surface area contributed by atoms with E-state index in [9.17, 15) is 10.1 Å². The Morgan fingerprint density at radius 3 is 2.50 bits per heavy atom. The number of nitro benzene ring substituents is 1. The first kappa shape index (κ1) is 12.5. The topological polar surface area (TPSA) is 73.5 Å². The number of likely N-dealkylation sites (N-methyl/N-ethyl adjacent to an activating group) is 1. The van der Waals surface area contributed by atoms with E-state index in [-0.39, 0.29) is 11.5 Å². The first-order valence-electron chi connectivity index (χ1n) is 5.85. The van der Waals surface area contributed by atoms with Crippen LogP contribution in [-0.2, 0) is 0 Å². The lowest BCUT2D eigenvalue weighted by atomic mass is 10.1. The lowest BCUT2D eigenvalue weighted by Crippen LogP contribution is -2.47. The SMILES string of the molecule is CN1CCN(C(=N)c2ccccc2[N+](=O)[O-])CC1. The molecule has 1 heterocycles. The van der Waals surface area contributed by atoms with Gasteiger partial charge >= 0.3 is 0 Å². The lowest BCUT2D eigenvalue weighted by molar-refractivity contribution is -0.385. The van der Waals surface area contributed by atoms with Gasteiger partial charge in [-0.2, -0.15) is 0 Å². The van der Waals surface area contributed by atoms with Crippen LogP contribution in [0.25, 0.3) is 0 Å². The molecule has 1 aromatic carbocycles. The summed E-state index contributed by atoms with van der Waals surface area (Å²) in [5.74, 6) is 0.246. The summed E-state index contributed by atoms with van der Waals surface area (Å²) in [7, 11) is 2.03. The van der Waals surface area contributed by atoms with Gasteiger partial charge in [-0.25, -0.2) is 0 Å². The number of rotatable bonds is 2. The van der Waals surface area contributed by atoms with Crippen molar-refractivity contribution in [2.24, 2.45) is 0 Å². The minimum Gasteiger partial charge on any atom is -0.354 e. The molecule has 0 radical (unpaired) electrons. The molecule has 0 saturated carbocycles. The Balaban J connectivity index is 2.21. The summed E-state index contributed by atoms with van der Waals surface area (Å²) < 4.78 is 0. The van der Waals surface area contributed by atoms with E-state index in [4.69, 9.17) is 5.41 Å². The Morgan fingerprint density at radius 1 is 1.28 bits per heavy atom. The Hall–Kier alpha value is -1.95. The zero-order valence-corrected chi connectivity index (χ0v) is 10.3. The molecular weight excluding hydrogens is 232 g/mol. The van der Waals surface area contributed by atoms with Crippen LogP contribution >= 0.6 is 0 Å². The number of piperazine rings is 1. The largest absolute Gasteiger partial charge is 0.354 e. The van der Waals surface area contributed by atoms with Gasteiger partial charge in [0.15, 0.2) is 0 Å². The molecule has 0 unspecified atom stereocenters. The van der Waals surface area contributed by atoms with Crippen LogP contribution in [-0.4, -0.2) is 53.8 Å². The number of amidine groups is 1. The van der Waals surface area contributed by atoms with E-state index in [1.54, 1.807) is 18.2 Å². The van der Waals surface area contributed by atoms with Gasteiger partial charge in [-0.05, 0) is 13.1 Å². The number of benzene rings is 1. The third kappa shape index (κ3) is 2.48. The number of nitro groups is 1. The third-order valence-corrected chi connectivity index (χ3v) is 3.18. The minimum atomic E-state index is -0.431. The van der Waals surface area contributed by atoms with E-state index in [0.29, 0.717) is 5.56 Å². The van der Waals surface area contributed by atoms with E-state index in [1.165, 1.54) is 6.07 Å². The molecule has 0 amide bonds. The zero-order valence-electron chi connectivity index (χ0n) is 10.3. The van der Waals surface area contributed by atoms with Crippen LogP contribution in [0.1, 0.15) is 5.56 Å². The highest BCUT2D eigenvalue weighted by Crippen LogP contribution is 2.20. The third-order valence-electron chi connectivity index (χ3n) is 3.18. The van der Waals surface area contributed by atoms with Gasteiger partial charge in [0.05, 0.1) is 10.5 Å². The van der Waals surface area contributed by atoms with Gasteiger partial charge in [0.1, 0.15) is 5.84 Å². The molecule has 6 heteroatoms. The second kappa shape index (κ2) is 5.14. The fourth-order valence-electron chi connectivity index (χ4n) is 2.03. The van der Waals surface area contributed by atoms with Crippen LogP contribution in [0.2, 0.25) is 0 Å². The number of hydrogen-bond acceptors (Lipinski definition) is 4. The Bertz CT molecular complexity index is 467. The van der Waals surface area contributed by atoms with E-state index >= 15 is 0 Å². The smallest absolute Gasteiger partial charge is 0.280 e. The molecule has 18 heavy (non-hydrogen) atoms. The molecule has 1 aliphatic rings. The molecule has 2 rings (SSSR count). The predicted octanol–water partition coefficient (Wildman–Crippen LogP) is 1.17. The van der Waals surface area contributed by atoms with Gasteiger partial charge in [0, 0.05) is 32.2 Å². The fourth-order valence-corrected chi connectivity index (χ4v) is 2.03. The van der Waals surface area contributed by atoms with Crippen LogP contribution in [0.15, 0.2) is 24.3 Å². The van der Waals surface area contributed by atoms with Gasteiger partial charge in [0.2, 0.25) is 0 Å². The molecule has 0 bridgehead atoms. The Kier molecular flexibility index (Phi) is 3.57. The molecule has 1 aromatic rings. The van der Waals surface area contributed by atoms with Crippen molar-refractivity contribution >= 4 is 11.5 Å². The normalized spacial score (nSPS) is 16.6.